The minimum atomic E-state index is -4.46. The average Bonchev–Trinajstić information content (AvgIpc) is 3.16. The Morgan fingerprint density at radius 1 is 1.00 bits per heavy atom. The third kappa shape index (κ3) is 4.56. The van der Waals surface area contributed by atoms with E-state index in [0.717, 1.165) is 25.7 Å². The number of rotatable bonds is 4. The monoisotopic (exact) mass is 437 g/mol. The topological polar surface area (TPSA) is 54.0 Å². The summed E-state index contributed by atoms with van der Waals surface area (Å²) in [5.41, 5.74) is 1.39. The van der Waals surface area contributed by atoms with Crippen molar-refractivity contribution in [2.45, 2.75) is 43.9 Å². The second-order valence-electron chi connectivity index (χ2n) is 7.34. The summed E-state index contributed by atoms with van der Waals surface area (Å²) in [4.78, 5) is 16.0. The fourth-order valence-electron chi connectivity index (χ4n) is 3.66. The van der Waals surface area contributed by atoms with Crippen LogP contribution in [0, 0.1) is 5.82 Å². The number of alkyl halides is 3. The Kier molecular flexibility index (Phi) is 5.64. The van der Waals surface area contributed by atoms with Gasteiger partial charge in [0.1, 0.15) is 5.82 Å². The van der Waals surface area contributed by atoms with Crippen molar-refractivity contribution in [2.75, 3.05) is 5.32 Å². The summed E-state index contributed by atoms with van der Waals surface area (Å²) >= 11 is 0.645. The highest BCUT2D eigenvalue weighted by Gasteiger charge is 2.35. The molecule has 1 aliphatic carbocycles. The molecule has 1 aliphatic rings. The van der Waals surface area contributed by atoms with Crippen LogP contribution in [0.3, 0.4) is 0 Å². The van der Waals surface area contributed by atoms with Crippen LogP contribution in [0.5, 0.6) is 0 Å². The summed E-state index contributed by atoms with van der Waals surface area (Å²) < 4.78 is 52.4. The highest BCUT2D eigenvalue weighted by Crippen LogP contribution is 2.38. The number of halogens is 4. The van der Waals surface area contributed by atoms with Gasteiger partial charge in [0.2, 0.25) is 0 Å². The zero-order valence-electron chi connectivity index (χ0n) is 15.8. The summed E-state index contributed by atoms with van der Waals surface area (Å²) in [6.07, 6.45) is -1.42. The third-order valence-corrected chi connectivity index (χ3v) is 6.34. The molecule has 158 valence electrons. The first-order valence-electron chi connectivity index (χ1n) is 9.59. The smallest absolute Gasteiger partial charge is 0.381 e. The molecule has 1 heterocycles. The summed E-state index contributed by atoms with van der Waals surface area (Å²) in [5.74, 6) is -0.628. The number of nitrogens with one attached hydrogen (secondary N) is 2. The summed E-state index contributed by atoms with van der Waals surface area (Å²) in [5, 5.41) is 5.47. The van der Waals surface area contributed by atoms with Gasteiger partial charge in [0.05, 0.1) is 15.9 Å². The Balaban J connectivity index is 1.36. The van der Waals surface area contributed by atoms with Gasteiger partial charge in [0, 0.05) is 17.6 Å². The van der Waals surface area contributed by atoms with Gasteiger partial charge in [-0.2, -0.15) is 13.2 Å². The van der Waals surface area contributed by atoms with E-state index in [1.165, 1.54) is 24.3 Å². The van der Waals surface area contributed by atoms with Crippen molar-refractivity contribution in [3.63, 3.8) is 0 Å². The number of fused-ring (bicyclic) bond motifs is 1. The van der Waals surface area contributed by atoms with Crippen LogP contribution < -0.4 is 10.6 Å². The Morgan fingerprint density at radius 2 is 1.67 bits per heavy atom. The van der Waals surface area contributed by atoms with Gasteiger partial charge in [-0.25, -0.2) is 9.37 Å². The van der Waals surface area contributed by atoms with Gasteiger partial charge in [-0.05, 0) is 62.1 Å². The average molecular weight is 437 g/mol. The van der Waals surface area contributed by atoms with Crippen LogP contribution in [-0.4, -0.2) is 23.0 Å². The van der Waals surface area contributed by atoms with E-state index in [2.05, 4.69) is 15.6 Å². The van der Waals surface area contributed by atoms with E-state index >= 15 is 0 Å². The van der Waals surface area contributed by atoms with E-state index in [0.29, 0.717) is 32.8 Å². The van der Waals surface area contributed by atoms with Gasteiger partial charge in [-0.15, -0.1) is 11.3 Å². The molecule has 0 radical (unpaired) electrons. The summed E-state index contributed by atoms with van der Waals surface area (Å²) in [7, 11) is 0. The number of thiazole rings is 1. The molecule has 0 saturated heterocycles. The van der Waals surface area contributed by atoms with E-state index in [-0.39, 0.29) is 18.0 Å². The molecule has 1 fully saturated rings. The van der Waals surface area contributed by atoms with E-state index in [1.807, 2.05) is 0 Å². The maximum Gasteiger partial charge on any atom is 0.443 e. The molecular formula is C21H19F4N3OS. The molecule has 1 amide bonds. The SMILES string of the molecule is O=C(N[C@H]1CC[C@@H](Nc2cccc3nc(C(F)(F)F)sc23)CC1)c1ccc(F)cc1. The molecule has 30 heavy (non-hydrogen) atoms. The van der Waals surface area contributed by atoms with E-state index in [9.17, 15) is 22.4 Å². The van der Waals surface area contributed by atoms with Crippen LogP contribution in [0.4, 0.5) is 23.2 Å². The van der Waals surface area contributed by atoms with Gasteiger partial charge in [-0.1, -0.05) is 6.07 Å². The molecule has 4 rings (SSSR count). The fraction of sp³-hybridized carbons (Fsp3) is 0.333. The predicted molar refractivity (Wildman–Crippen MR) is 108 cm³/mol. The number of amides is 1. The summed E-state index contributed by atoms with van der Waals surface area (Å²) in [6, 6.07) is 10.5. The molecule has 4 nitrogen and oxygen atoms in total. The molecular weight excluding hydrogens is 418 g/mol. The molecule has 3 aromatic rings. The number of carbonyl (C=O) groups is 1. The normalized spacial score (nSPS) is 19.6. The molecule has 0 bridgehead atoms. The summed E-state index contributed by atoms with van der Waals surface area (Å²) in [6.45, 7) is 0. The Hall–Kier alpha value is -2.68. The second kappa shape index (κ2) is 8.22. The third-order valence-electron chi connectivity index (χ3n) is 5.19. The van der Waals surface area contributed by atoms with Gasteiger partial charge in [0.15, 0.2) is 5.01 Å². The van der Waals surface area contributed by atoms with E-state index in [1.54, 1.807) is 18.2 Å². The van der Waals surface area contributed by atoms with Crippen molar-refractivity contribution in [1.29, 1.82) is 0 Å². The van der Waals surface area contributed by atoms with Gasteiger partial charge in [-0.3, -0.25) is 4.79 Å². The lowest BCUT2D eigenvalue weighted by Crippen LogP contribution is -2.40. The number of benzene rings is 2. The van der Waals surface area contributed by atoms with Crippen molar-refractivity contribution in [3.05, 3.63) is 58.9 Å². The van der Waals surface area contributed by atoms with Crippen molar-refractivity contribution in [3.8, 4) is 0 Å². The Labute approximate surface area is 174 Å². The number of hydrogen-bond acceptors (Lipinski definition) is 4. The fourth-order valence-corrected chi connectivity index (χ4v) is 4.56. The zero-order chi connectivity index (χ0) is 21.3. The lowest BCUT2D eigenvalue weighted by Gasteiger charge is -2.30. The largest absolute Gasteiger partial charge is 0.443 e. The van der Waals surface area contributed by atoms with Crippen molar-refractivity contribution in [1.82, 2.24) is 10.3 Å². The van der Waals surface area contributed by atoms with Crippen LogP contribution in [0.1, 0.15) is 41.0 Å². The number of anilines is 1. The van der Waals surface area contributed by atoms with E-state index in [4.69, 9.17) is 0 Å². The number of hydrogen-bond donors (Lipinski definition) is 2. The van der Waals surface area contributed by atoms with Gasteiger partial charge in [0.25, 0.3) is 5.91 Å². The first-order valence-corrected chi connectivity index (χ1v) is 10.4. The van der Waals surface area contributed by atoms with Gasteiger partial charge >= 0.3 is 6.18 Å². The zero-order valence-corrected chi connectivity index (χ0v) is 16.6. The number of nitrogens with zero attached hydrogens (tertiary/aromatic N) is 1. The van der Waals surface area contributed by atoms with Crippen LogP contribution in [-0.2, 0) is 6.18 Å². The minimum absolute atomic E-state index is 0.0108. The molecule has 1 aromatic heterocycles. The van der Waals surface area contributed by atoms with Crippen molar-refractivity contribution in [2.24, 2.45) is 0 Å². The lowest BCUT2D eigenvalue weighted by molar-refractivity contribution is -0.137. The molecule has 1 saturated carbocycles. The van der Waals surface area contributed by atoms with Crippen molar-refractivity contribution >= 4 is 33.1 Å². The molecule has 2 aromatic carbocycles. The predicted octanol–water partition coefficient (Wildman–Crippen LogP) is 5.61. The maximum absolute atomic E-state index is 13.0. The molecule has 0 unspecified atom stereocenters. The lowest BCUT2D eigenvalue weighted by atomic mass is 9.90. The molecule has 2 N–H and O–H groups in total. The molecule has 0 spiro atoms. The van der Waals surface area contributed by atoms with Crippen LogP contribution in [0.2, 0.25) is 0 Å². The molecule has 9 heteroatoms. The van der Waals surface area contributed by atoms with Crippen molar-refractivity contribution < 1.29 is 22.4 Å². The number of aromatic nitrogens is 1. The highest BCUT2D eigenvalue weighted by atomic mass is 32.1. The van der Waals surface area contributed by atoms with Gasteiger partial charge < -0.3 is 10.6 Å². The minimum Gasteiger partial charge on any atom is -0.381 e. The Morgan fingerprint density at radius 3 is 2.33 bits per heavy atom. The first kappa shape index (κ1) is 20.6. The maximum atomic E-state index is 13.0. The highest BCUT2D eigenvalue weighted by molar-refractivity contribution is 7.19. The number of carbonyl (C=O) groups excluding carboxylic acids is 1. The quantitative estimate of drug-likeness (QED) is 0.522. The standard InChI is InChI=1S/C21H19F4N3OS/c22-13-6-4-12(5-7-13)19(29)27-15-10-8-14(9-11-15)26-16-2-1-3-17-18(16)30-20(28-17)21(23,24)25/h1-7,14-15,26H,8-11H2,(H,27,29)/t14-,15+. The van der Waals surface area contributed by atoms with Crippen LogP contribution in [0.15, 0.2) is 42.5 Å². The second-order valence-corrected chi connectivity index (χ2v) is 8.34. The Bertz CT molecular complexity index is 1040. The van der Waals surface area contributed by atoms with Crippen LogP contribution in [0.25, 0.3) is 10.2 Å². The molecule has 0 aliphatic heterocycles. The molecule has 0 atom stereocenters. The van der Waals surface area contributed by atoms with Crippen LogP contribution >= 0.6 is 11.3 Å². The first-order chi connectivity index (χ1) is 14.3. The van der Waals surface area contributed by atoms with E-state index < -0.39 is 17.0 Å².